The Morgan fingerprint density at radius 2 is 2.32 bits per heavy atom. The van der Waals surface area contributed by atoms with Crippen molar-refractivity contribution >= 4 is 12.1 Å². The molecule has 0 N–H and O–H groups in total. The maximum absolute atomic E-state index is 11.7. The molecule has 0 spiro atoms. The van der Waals surface area contributed by atoms with Crippen LogP contribution in [0.1, 0.15) is 29.6 Å². The fourth-order valence-corrected chi connectivity index (χ4v) is 1.92. The van der Waals surface area contributed by atoms with E-state index in [0.717, 1.165) is 12.8 Å². The summed E-state index contributed by atoms with van der Waals surface area (Å²) in [5.74, 6) is 0.763. The standard InChI is InChI=1S/C14H16O5/c1-17-12-5-4-10(11(16)6-7-15)9-13(12)19-14-3-2-8-18-14/h4-5,7,9,14H,2-3,6,8H2,1H3. The van der Waals surface area contributed by atoms with Crippen LogP contribution in [0.15, 0.2) is 18.2 Å². The molecule has 1 fully saturated rings. The van der Waals surface area contributed by atoms with Crippen LogP contribution in [0.25, 0.3) is 0 Å². The van der Waals surface area contributed by atoms with Crippen LogP contribution in [-0.2, 0) is 9.53 Å². The van der Waals surface area contributed by atoms with Crippen molar-refractivity contribution in [3.05, 3.63) is 23.8 Å². The molecule has 2 rings (SSSR count). The number of hydrogen-bond acceptors (Lipinski definition) is 5. The maximum Gasteiger partial charge on any atom is 0.200 e. The molecule has 0 bridgehead atoms. The molecule has 102 valence electrons. The van der Waals surface area contributed by atoms with Crippen molar-refractivity contribution in [3.8, 4) is 11.5 Å². The highest BCUT2D eigenvalue weighted by Gasteiger charge is 2.20. The van der Waals surface area contributed by atoms with Gasteiger partial charge in [0.1, 0.15) is 6.29 Å². The van der Waals surface area contributed by atoms with Gasteiger partial charge in [-0.1, -0.05) is 0 Å². The van der Waals surface area contributed by atoms with Gasteiger partial charge in [-0.2, -0.15) is 0 Å². The lowest BCUT2D eigenvalue weighted by Gasteiger charge is -2.16. The molecule has 0 aromatic heterocycles. The molecule has 1 unspecified atom stereocenters. The summed E-state index contributed by atoms with van der Waals surface area (Å²) in [7, 11) is 1.53. The SMILES string of the molecule is COc1ccc(C(=O)CC=O)cc1OC1CCCO1. The zero-order valence-corrected chi connectivity index (χ0v) is 10.8. The predicted molar refractivity (Wildman–Crippen MR) is 67.6 cm³/mol. The van der Waals surface area contributed by atoms with Gasteiger partial charge in [-0.25, -0.2) is 0 Å². The highest BCUT2D eigenvalue weighted by molar-refractivity contribution is 6.03. The second-order valence-electron chi connectivity index (χ2n) is 4.22. The van der Waals surface area contributed by atoms with Crippen molar-refractivity contribution in [2.45, 2.75) is 25.6 Å². The first kappa shape index (κ1) is 13.5. The fraction of sp³-hybridized carbons (Fsp3) is 0.429. The van der Waals surface area contributed by atoms with Crippen LogP contribution in [-0.4, -0.2) is 32.1 Å². The van der Waals surface area contributed by atoms with Crippen molar-refractivity contribution < 1.29 is 23.8 Å². The van der Waals surface area contributed by atoms with E-state index in [1.807, 2.05) is 0 Å². The van der Waals surface area contributed by atoms with Crippen LogP contribution in [0.4, 0.5) is 0 Å². The van der Waals surface area contributed by atoms with E-state index in [1.165, 1.54) is 7.11 Å². The summed E-state index contributed by atoms with van der Waals surface area (Å²) in [4.78, 5) is 22.1. The van der Waals surface area contributed by atoms with Crippen molar-refractivity contribution in [1.82, 2.24) is 0 Å². The molecule has 1 aromatic rings. The number of Topliss-reactive ketones (excluding diaryl/α,β-unsaturated/α-hetero) is 1. The zero-order chi connectivity index (χ0) is 13.7. The van der Waals surface area contributed by atoms with Gasteiger partial charge in [0.05, 0.1) is 20.1 Å². The molecule has 1 aliphatic rings. The quantitative estimate of drug-likeness (QED) is 0.446. The smallest absolute Gasteiger partial charge is 0.200 e. The van der Waals surface area contributed by atoms with E-state index in [2.05, 4.69) is 0 Å². The van der Waals surface area contributed by atoms with Crippen LogP contribution >= 0.6 is 0 Å². The van der Waals surface area contributed by atoms with Crippen LogP contribution in [0.2, 0.25) is 0 Å². The average Bonchev–Trinajstić information content (AvgIpc) is 2.92. The van der Waals surface area contributed by atoms with Crippen LogP contribution < -0.4 is 9.47 Å². The Kier molecular flexibility index (Phi) is 4.52. The van der Waals surface area contributed by atoms with Gasteiger partial charge in [0.15, 0.2) is 23.6 Å². The van der Waals surface area contributed by atoms with Crippen LogP contribution in [0, 0.1) is 0 Å². The third kappa shape index (κ3) is 3.32. The largest absolute Gasteiger partial charge is 0.493 e. The lowest BCUT2D eigenvalue weighted by atomic mass is 10.1. The van der Waals surface area contributed by atoms with E-state index in [4.69, 9.17) is 14.2 Å². The number of hydrogen-bond donors (Lipinski definition) is 0. The number of ether oxygens (including phenoxy) is 3. The summed E-state index contributed by atoms with van der Waals surface area (Å²) in [5.41, 5.74) is 0.431. The van der Waals surface area contributed by atoms with E-state index in [1.54, 1.807) is 18.2 Å². The fourth-order valence-electron chi connectivity index (χ4n) is 1.92. The Morgan fingerprint density at radius 3 is 2.95 bits per heavy atom. The number of aldehydes is 1. The van der Waals surface area contributed by atoms with E-state index in [0.29, 0.717) is 30.0 Å². The van der Waals surface area contributed by atoms with E-state index >= 15 is 0 Å². The monoisotopic (exact) mass is 264 g/mol. The molecule has 1 aliphatic heterocycles. The third-order valence-electron chi connectivity index (χ3n) is 2.90. The van der Waals surface area contributed by atoms with Crippen molar-refractivity contribution in [2.24, 2.45) is 0 Å². The molecule has 1 saturated heterocycles. The summed E-state index contributed by atoms with van der Waals surface area (Å²) in [6, 6.07) is 4.86. The number of ketones is 1. The predicted octanol–water partition coefficient (Wildman–Crippen LogP) is 1.98. The Morgan fingerprint density at radius 1 is 1.47 bits per heavy atom. The van der Waals surface area contributed by atoms with Crippen LogP contribution in [0.5, 0.6) is 11.5 Å². The first-order valence-corrected chi connectivity index (χ1v) is 6.17. The lowest BCUT2D eigenvalue weighted by molar-refractivity contribution is -0.107. The molecular formula is C14H16O5. The third-order valence-corrected chi connectivity index (χ3v) is 2.90. The summed E-state index contributed by atoms with van der Waals surface area (Å²) >= 11 is 0. The van der Waals surface area contributed by atoms with Gasteiger partial charge >= 0.3 is 0 Å². The summed E-state index contributed by atoms with van der Waals surface area (Å²) < 4.78 is 16.3. The first-order valence-electron chi connectivity index (χ1n) is 6.17. The second-order valence-corrected chi connectivity index (χ2v) is 4.22. The first-order chi connectivity index (χ1) is 9.24. The minimum absolute atomic E-state index is 0.133. The van der Waals surface area contributed by atoms with Gasteiger partial charge in [-0.05, 0) is 24.6 Å². The lowest BCUT2D eigenvalue weighted by Crippen LogP contribution is -2.15. The normalized spacial score (nSPS) is 18.1. The van der Waals surface area contributed by atoms with E-state index in [-0.39, 0.29) is 18.5 Å². The topological polar surface area (TPSA) is 61.8 Å². The Labute approximate surface area is 111 Å². The maximum atomic E-state index is 11.7. The molecule has 0 radical (unpaired) electrons. The van der Waals surface area contributed by atoms with Gasteiger partial charge in [-0.3, -0.25) is 4.79 Å². The van der Waals surface area contributed by atoms with E-state index in [9.17, 15) is 9.59 Å². The zero-order valence-electron chi connectivity index (χ0n) is 10.8. The molecule has 19 heavy (non-hydrogen) atoms. The van der Waals surface area contributed by atoms with Gasteiger partial charge < -0.3 is 19.0 Å². The van der Waals surface area contributed by atoms with E-state index < -0.39 is 0 Å². The van der Waals surface area contributed by atoms with Crippen molar-refractivity contribution in [3.63, 3.8) is 0 Å². The second kappa shape index (κ2) is 6.33. The highest BCUT2D eigenvalue weighted by atomic mass is 16.7. The number of rotatable bonds is 6. The van der Waals surface area contributed by atoms with Gasteiger partial charge in [0, 0.05) is 12.0 Å². The van der Waals surface area contributed by atoms with Gasteiger partial charge in [0.25, 0.3) is 0 Å². The van der Waals surface area contributed by atoms with Gasteiger partial charge in [-0.15, -0.1) is 0 Å². The molecule has 5 nitrogen and oxygen atoms in total. The summed E-state index contributed by atoms with van der Waals surface area (Å²) in [6.07, 6.45) is 1.93. The Bertz CT molecular complexity index is 463. The number of carbonyl (C=O) groups excluding carboxylic acids is 2. The Hall–Kier alpha value is -1.88. The number of carbonyl (C=O) groups is 2. The minimum Gasteiger partial charge on any atom is -0.493 e. The molecule has 0 aliphatic carbocycles. The summed E-state index contributed by atoms with van der Waals surface area (Å²) in [6.45, 7) is 0.677. The summed E-state index contributed by atoms with van der Waals surface area (Å²) in [5, 5.41) is 0. The average molecular weight is 264 g/mol. The molecule has 1 aromatic carbocycles. The number of methoxy groups -OCH3 is 1. The highest BCUT2D eigenvalue weighted by Crippen LogP contribution is 2.31. The van der Waals surface area contributed by atoms with Crippen LogP contribution in [0.3, 0.4) is 0 Å². The molecule has 0 saturated carbocycles. The molecule has 5 heteroatoms. The molecule has 1 heterocycles. The number of benzene rings is 1. The molecular weight excluding hydrogens is 248 g/mol. The Balaban J connectivity index is 2.20. The van der Waals surface area contributed by atoms with Crippen molar-refractivity contribution in [2.75, 3.05) is 13.7 Å². The molecule has 0 amide bonds. The van der Waals surface area contributed by atoms with Gasteiger partial charge in [0.2, 0.25) is 0 Å². The minimum atomic E-state index is -0.301. The van der Waals surface area contributed by atoms with Crippen molar-refractivity contribution in [1.29, 1.82) is 0 Å². The molecule has 1 atom stereocenters.